The lowest BCUT2D eigenvalue weighted by molar-refractivity contribution is 0.0857. The number of carbonyl (C=O) groups excluding carboxylic acids is 1. The smallest absolute Gasteiger partial charge is 0.254 e. The van der Waals surface area contributed by atoms with Crippen molar-refractivity contribution in [2.45, 2.75) is 12.3 Å². The van der Waals surface area contributed by atoms with Crippen LogP contribution < -0.4 is 5.32 Å². The third-order valence-electron chi connectivity index (χ3n) is 4.07. The highest BCUT2D eigenvalue weighted by molar-refractivity contribution is 5.91. The van der Waals surface area contributed by atoms with Gasteiger partial charge in [0.25, 0.3) is 5.91 Å². The molecule has 0 aliphatic carbocycles. The number of halogens is 1. The van der Waals surface area contributed by atoms with Crippen LogP contribution in [-0.2, 0) is 0 Å². The van der Waals surface area contributed by atoms with E-state index >= 15 is 0 Å². The molecule has 0 spiro atoms. The van der Waals surface area contributed by atoms with E-state index in [-0.39, 0.29) is 17.6 Å². The SMILES string of the molecule is O=C([C@H]1CCNc2ccc(F)cc21)n1cc2ccccc2n1. The van der Waals surface area contributed by atoms with E-state index in [1.165, 1.54) is 16.8 Å². The van der Waals surface area contributed by atoms with E-state index in [0.717, 1.165) is 16.6 Å². The van der Waals surface area contributed by atoms with Gasteiger partial charge in [-0.1, -0.05) is 18.2 Å². The van der Waals surface area contributed by atoms with Crippen LogP contribution in [0.5, 0.6) is 0 Å². The lowest BCUT2D eigenvalue weighted by atomic mass is 9.90. The Morgan fingerprint density at radius 1 is 1.27 bits per heavy atom. The number of benzene rings is 2. The van der Waals surface area contributed by atoms with Crippen molar-refractivity contribution < 1.29 is 9.18 Å². The summed E-state index contributed by atoms with van der Waals surface area (Å²) in [7, 11) is 0. The lowest BCUT2D eigenvalue weighted by Crippen LogP contribution is -2.27. The minimum atomic E-state index is -0.374. The van der Waals surface area contributed by atoms with Gasteiger partial charge in [0.15, 0.2) is 0 Å². The van der Waals surface area contributed by atoms with Crippen molar-refractivity contribution in [2.24, 2.45) is 0 Å². The molecule has 4 rings (SSSR count). The van der Waals surface area contributed by atoms with E-state index in [2.05, 4.69) is 10.4 Å². The van der Waals surface area contributed by atoms with E-state index in [9.17, 15) is 9.18 Å². The van der Waals surface area contributed by atoms with Crippen LogP contribution in [-0.4, -0.2) is 22.2 Å². The first-order valence-corrected chi connectivity index (χ1v) is 7.24. The Morgan fingerprint density at radius 3 is 3.00 bits per heavy atom. The summed E-state index contributed by atoms with van der Waals surface area (Å²) >= 11 is 0. The van der Waals surface area contributed by atoms with Crippen LogP contribution in [0.1, 0.15) is 22.7 Å². The van der Waals surface area contributed by atoms with E-state index in [1.54, 1.807) is 12.3 Å². The third kappa shape index (κ3) is 2.06. The van der Waals surface area contributed by atoms with Crippen LogP contribution in [0.25, 0.3) is 10.9 Å². The molecule has 0 saturated heterocycles. The quantitative estimate of drug-likeness (QED) is 0.748. The first kappa shape index (κ1) is 13.0. The maximum absolute atomic E-state index is 13.5. The lowest BCUT2D eigenvalue weighted by Gasteiger charge is -2.25. The van der Waals surface area contributed by atoms with Gasteiger partial charge in [-0.05, 0) is 36.2 Å². The third-order valence-corrected chi connectivity index (χ3v) is 4.07. The molecular weight excluding hydrogens is 281 g/mol. The zero-order valence-corrected chi connectivity index (χ0v) is 11.8. The predicted molar refractivity (Wildman–Crippen MR) is 82.6 cm³/mol. The van der Waals surface area contributed by atoms with Gasteiger partial charge in [-0.3, -0.25) is 4.79 Å². The Balaban J connectivity index is 1.76. The second-order valence-corrected chi connectivity index (χ2v) is 5.47. The average molecular weight is 295 g/mol. The number of anilines is 1. The summed E-state index contributed by atoms with van der Waals surface area (Å²) in [4.78, 5) is 12.8. The summed E-state index contributed by atoms with van der Waals surface area (Å²) in [5, 5.41) is 8.46. The molecule has 22 heavy (non-hydrogen) atoms. The molecule has 1 aromatic heterocycles. The van der Waals surface area contributed by atoms with Crippen molar-refractivity contribution in [3.8, 4) is 0 Å². The normalized spacial score (nSPS) is 17.0. The second-order valence-electron chi connectivity index (χ2n) is 5.47. The van der Waals surface area contributed by atoms with Crippen molar-refractivity contribution in [3.63, 3.8) is 0 Å². The summed E-state index contributed by atoms with van der Waals surface area (Å²) in [6.45, 7) is 0.690. The fourth-order valence-electron chi connectivity index (χ4n) is 2.98. The maximum atomic E-state index is 13.5. The average Bonchev–Trinajstić information content (AvgIpc) is 2.97. The minimum Gasteiger partial charge on any atom is -0.385 e. The topological polar surface area (TPSA) is 46.9 Å². The number of nitrogens with one attached hydrogen (secondary N) is 1. The van der Waals surface area contributed by atoms with Crippen molar-refractivity contribution in [2.75, 3.05) is 11.9 Å². The standard InChI is InChI=1S/C17H14FN3O/c18-12-5-6-16-14(9-12)13(7-8-19-16)17(22)21-10-11-3-1-2-4-15(11)20-21/h1-6,9-10,13,19H,7-8H2/t13-/m0/s1. The van der Waals surface area contributed by atoms with E-state index in [1.807, 2.05) is 24.3 Å². The zero-order chi connectivity index (χ0) is 15.1. The molecule has 0 fully saturated rings. The predicted octanol–water partition coefficient (Wildman–Crippen LogP) is 3.42. The molecule has 3 aromatic rings. The summed E-state index contributed by atoms with van der Waals surface area (Å²) < 4.78 is 14.9. The van der Waals surface area contributed by atoms with Gasteiger partial charge < -0.3 is 5.32 Å². The van der Waals surface area contributed by atoms with Crippen molar-refractivity contribution in [1.29, 1.82) is 0 Å². The molecule has 4 nitrogen and oxygen atoms in total. The van der Waals surface area contributed by atoms with Crippen LogP contribution in [0.2, 0.25) is 0 Å². The van der Waals surface area contributed by atoms with Gasteiger partial charge in [-0.2, -0.15) is 5.10 Å². The minimum absolute atomic E-state index is 0.121. The van der Waals surface area contributed by atoms with Crippen molar-refractivity contribution >= 4 is 22.5 Å². The summed E-state index contributed by atoms with van der Waals surface area (Å²) in [6, 6.07) is 12.1. The number of aromatic nitrogens is 2. The van der Waals surface area contributed by atoms with Crippen molar-refractivity contribution in [1.82, 2.24) is 9.78 Å². The Kier molecular flexibility index (Phi) is 2.92. The molecule has 1 atom stereocenters. The molecule has 0 bridgehead atoms. The number of hydrogen-bond acceptors (Lipinski definition) is 3. The van der Waals surface area contributed by atoms with E-state index < -0.39 is 0 Å². The molecule has 2 heterocycles. The van der Waals surface area contributed by atoms with Gasteiger partial charge in [0, 0.05) is 23.8 Å². The molecule has 1 aliphatic rings. The maximum Gasteiger partial charge on any atom is 0.254 e. The summed E-state index contributed by atoms with van der Waals surface area (Å²) in [5.74, 6) is -0.823. The zero-order valence-electron chi connectivity index (χ0n) is 11.8. The second kappa shape index (κ2) is 4.94. The fraction of sp³-hybridized carbons (Fsp3) is 0.176. The monoisotopic (exact) mass is 295 g/mol. The number of hydrogen-bond donors (Lipinski definition) is 1. The highest BCUT2D eigenvalue weighted by Crippen LogP contribution is 2.33. The largest absolute Gasteiger partial charge is 0.385 e. The number of nitrogens with zero attached hydrogens (tertiary/aromatic N) is 2. The molecule has 110 valence electrons. The van der Waals surface area contributed by atoms with Gasteiger partial charge in [-0.25, -0.2) is 9.07 Å². The van der Waals surface area contributed by atoms with E-state index in [0.29, 0.717) is 18.5 Å². The molecule has 1 aliphatic heterocycles. The molecule has 0 radical (unpaired) electrons. The first-order valence-electron chi connectivity index (χ1n) is 7.24. The highest BCUT2D eigenvalue weighted by atomic mass is 19.1. The van der Waals surface area contributed by atoms with Gasteiger partial charge in [-0.15, -0.1) is 0 Å². The van der Waals surface area contributed by atoms with E-state index in [4.69, 9.17) is 0 Å². The Morgan fingerprint density at radius 2 is 2.14 bits per heavy atom. The van der Waals surface area contributed by atoms with Gasteiger partial charge >= 0.3 is 0 Å². The van der Waals surface area contributed by atoms with Crippen LogP contribution in [0.15, 0.2) is 48.7 Å². The van der Waals surface area contributed by atoms with Gasteiger partial charge in [0.05, 0.1) is 11.4 Å². The molecule has 0 amide bonds. The van der Waals surface area contributed by atoms with Gasteiger partial charge in [0.2, 0.25) is 0 Å². The van der Waals surface area contributed by atoms with Crippen LogP contribution in [0.4, 0.5) is 10.1 Å². The van der Waals surface area contributed by atoms with Crippen LogP contribution in [0.3, 0.4) is 0 Å². The highest BCUT2D eigenvalue weighted by Gasteiger charge is 2.28. The number of fused-ring (bicyclic) bond motifs is 2. The van der Waals surface area contributed by atoms with Gasteiger partial charge in [0.1, 0.15) is 5.82 Å². The number of carbonyl (C=O) groups is 1. The fourth-order valence-corrected chi connectivity index (χ4v) is 2.98. The number of rotatable bonds is 1. The Bertz CT molecular complexity index is 838. The van der Waals surface area contributed by atoms with Crippen molar-refractivity contribution in [3.05, 3.63) is 60.0 Å². The Labute approximate surface area is 126 Å². The molecule has 0 unspecified atom stereocenters. The summed E-state index contributed by atoms with van der Waals surface area (Å²) in [5.41, 5.74) is 2.31. The molecule has 5 heteroatoms. The molecular formula is C17H14FN3O. The summed E-state index contributed by atoms with van der Waals surface area (Å²) in [6.07, 6.45) is 2.37. The Hall–Kier alpha value is -2.69. The molecule has 1 N–H and O–H groups in total. The molecule has 0 saturated carbocycles. The molecule has 2 aromatic carbocycles. The first-order chi connectivity index (χ1) is 10.7. The van der Waals surface area contributed by atoms with Crippen LogP contribution in [0, 0.1) is 5.82 Å². The van der Waals surface area contributed by atoms with Crippen LogP contribution >= 0.6 is 0 Å².